The molecule has 0 spiro atoms. The maximum atomic E-state index is 11.7. The summed E-state index contributed by atoms with van der Waals surface area (Å²) in [5, 5.41) is 11.8. The summed E-state index contributed by atoms with van der Waals surface area (Å²) < 4.78 is 0. The highest BCUT2D eigenvalue weighted by molar-refractivity contribution is 9.12. The molecular formula is C10H8Br2ClNO3. The van der Waals surface area contributed by atoms with Gasteiger partial charge in [-0.05, 0) is 18.2 Å². The van der Waals surface area contributed by atoms with E-state index in [0.29, 0.717) is 10.7 Å². The van der Waals surface area contributed by atoms with Gasteiger partial charge in [0.05, 0.1) is 0 Å². The predicted molar refractivity (Wildman–Crippen MR) is 73.1 cm³/mol. The van der Waals surface area contributed by atoms with Gasteiger partial charge in [-0.25, -0.2) is 0 Å². The number of aliphatic carboxylic acids is 1. The van der Waals surface area contributed by atoms with Gasteiger partial charge in [0.25, 0.3) is 0 Å². The Morgan fingerprint density at radius 1 is 1.29 bits per heavy atom. The second-order valence-electron chi connectivity index (χ2n) is 3.14. The van der Waals surface area contributed by atoms with E-state index >= 15 is 0 Å². The zero-order valence-corrected chi connectivity index (χ0v) is 12.3. The van der Waals surface area contributed by atoms with Crippen LogP contribution in [0.25, 0.3) is 0 Å². The highest BCUT2D eigenvalue weighted by atomic mass is 79.9. The first-order valence-electron chi connectivity index (χ1n) is 4.49. The summed E-state index contributed by atoms with van der Waals surface area (Å²) in [6, 6.07) is 6.59. The average molecular weight is 385 g/mol. The number of benzene rings is 1. The lowest BCUT2D eigenvalue weighted by atomic mass is 10.2. The molecule has 0 heterocycles. The maximum absolute atomic E-state index is 11.7. The smallest absolute Gasteiger partial charge is 0.318 e. The molecule has 1 amide bonds. The molecule has 0 saturated carbocycles. The van der Waals surface area contributed by atoms with Crippen molar-refractivity contribution >= 4 is 61.0 Å². The molecule has 2 N–H and O–H groups in total. The van der Waals surface area contributed by atoms with Crippen molar-refractivity contribution in [1.82, 2.24) is 0 Å². The topological polar surface area (TPSA) is 66.4 Å². The first kappa shape index (κ1) is 14.5. The number of carbonyl (C=O) groups is 2. The van der Waals surface area contributed by atoms with Crippen LogP contribution in [-0.4, -0.2) is 26.6 Å². The number of alkyl halides is 2. The lowest BCUT2D eigenvalue weighted by Crippen LogP contribution is -2.34. The summed E-state index contributed by atoms with van der Waals surface area (Å²) in [7, 11) is 0. The highest BCUT2D eigenvalue weighted by Crippen LogP contribution is 2.19. The van der Waals surface area contributed by atoms with E-state index in [4.69, 9.17) is 16.7 Å². The van der Waals surface area contributed by atoms with E-state index in [9.17, 15) is 9.59 Å². The van der Waals surface area contributed by atoms with Crippen LogP contribution in [0.15, 0.2) is 24.3 Å². The first-order chi connectivity index (χ1) is 7.91. The fourth-order valence-electron chi connectivity index (χ4n) is 1.04. The molecule has 1 aromatic rings. The van der Waals surface area contributed by atoms with Crippen molar-refractivity contribution in [2.45, 2.75) is 9.65 Å². The second-order valence-corrected chi connectivity index (χ2v) is 5.55. The van der Waals surface area contributed by atoms with Crippen LogP contribution in [0.3, 0.4) is 0 Å². The molecule has 92 valence electrons. The van der Waals surface area contributed by atoms with Crippen molar-refractivity contribution < 1.29 is 14.7 Å². The van der Waals surface area contributed by atoms with E-state index in [2.05, 4.69) is 37.2 Å². The number of amides is 1. The fourth-order valence-corrected chi connectivity index (χ4v) is 1.81. The molecule has 7 heteroatoms. The highest BCUT2D eigenvalue weighted by Gasteiger charge is 2.29. The van der Waals surface area contributed by atoms with E-state index < -0.39 is 21.5 Å². The Morgan fingerprint density at radius 3 is 2.47 bits per heavy atom. The standard InChI is InChI=1S/C10H8Br2ClNO3/c11-7(8(12)10(16)17)9(15)14-6-3-1-2-5(13)4-6/h1-4,7-8H,(H,14,15)(H,16,17). The number of nitrogens with one attached hydrogen (secondary N) is 1. The summed E-state index contributed by atoms with van der Waals surface area (Å²) in [4.78, 5) is 20.5. The Hall–Kier alpha value is -0.590. The lowest BCUT2D eigenvalue weighted by Gasteiger charge is -2.13. The van der Waals surface area contributed by atoms with Crippen molar-refractivity contribution in [2.24, 2.45) is 0 Å². The summed E-state index contributed by atoms with van der Waals surface area (Å²) in [5.74, 6) is -1.58. The average Bonchev–Trinajstić information content (AvgIpc) is 2.26. The van der Waals surface area contributed by atoms with Gasteiger partial charge in [0, 0.05) is 10.7 Å². The van der Waals surface area contributed by atoms with Crippen LogP contribution in [0.4, 0.5) is 5.69 Å². The molecule has 0 fully saturated rings. The summed E-state index contributed by atoms with van der Waals surface area (Å²) in [5.41, 5.74) is 0.511. The maximum Gasteiger partial charge on any atom is 0.318 e. The van der Waals surface area contributed by atoms with E-state index in [1.165, 1.54) is 0 Å². The molecule has 2 atom stereocenters. The van der Waals surface area contributed by atoms with Gasteiger partial charge in [0.2, 0.25) is 5.91 Å². The molecule has 0 aliphatic heterocycles. The molecule has 0 radical (unpaired) electrons. The van der Waals surface area contributed by atoms with Crippen LogP contribution in [0.2, 0.25) is 5.02 Å². The normalized spacial score (nSPS) is 13.8. The van der Waals surface area contributed by atoms with Gasteiger partial charge in [0.1, 0.15) is 9.65 Å². The van der Waals surface area contributed by atoms with Gasteiger partial charge in [-0.15, -0.1) is 0 Å². The monoisotopic (exact) mass is 383 g/mol. The van der Waals surface area contributed by atoms with Crippen molar-refractivity contribution in [3.05, 3.63) is 29.3 Å². The van der Waals surface area contributed by atoms with Gasteiger partial charge >= 0.3 is 5.97 Å². The van der Waals surface area contributed by atoms with Gasteiger partial charge in [-0.2, -0.15) is 0 Å². The summed E-state index contributed by atoms with van der Waals surface area (Å²) >= 11 is 11.7. The van der Waals surface area contributed by atoms with Crippen molar-refractivity contribution in [2.75, 3.05) is 5.32 Å². The summed E-state index contributed by atoms with van der Waals surface area (Å²) in [6.07, 6.45) is 0. The summed E-state index contributed by atoms with van der Waals surface area (Å²) in [6.45, 7) is 0. The van der Waals surface area contributed by atoms with E-state index in [1.54, 1.807) is 24.3 Å². The van der Waals surface area contributed by atoms with Gasteiger partial charge < -0.3 is 10.4 Å². The number of carboxylic acid groups (broad SMARTS) is 1. The molecule has 0 aliphatic rings. The Balaban J connectivity index is 2.69. The molecule has 1 aromatic carbocycles. The Morgan fingerprint density at radius 2 is 1.94 bits per heavy atom. The van der Waals surface area contributed by atoms with Crippen molar-refractivity contribution in [1.29, 1.82) is 0 Å². The van der Waals surface area contributed by atoms with Gasteiger partial charge in [0.15, 0.2) is 0 Å². The fraction of sp³-hybridized carbons (Fsp3) is 0.200. The van der Waals surface area contributed by atoms with Crippen LogP contribution < -0.4 is 5.32 Å². The minimum atomic E-state index is -1.12. The van der Waals surface area contributed by atoms with Crippen molar-refractivity contribution in [3.63, 3.8) is 0 Å². The van der Waals surface area contributed by atoms with Crippen LogP contribution in [0.5, 0.6) is 0 Å². The Kier molecular flexibility index (Phi) is 5.42. The molecule has 1 rings (SSSR count). The quantitative estimate of drug-likeness (QED) is 0.784. The third-order valence-electron chi connectivity index (χ3n) is 1.84. The molecule has 17 heavy (non-hydrogen) atoms. The number of rotatable bonds is 4. The number of halogens is 3. The lowest BCUT2D eigenvalue weighted by molar-refractivity contribution is -0.137. The molecule has 0 aromatic heterocycles. The van der Waals surface area contributed by atoms with Crippen LogP contribution in [-0.2, 0) is 9.59 Å². The largest absolute Gasteiger partial charge is 0.480 e. The predicted octanol–water partition coefficient (Wildman–Crippen LogP) is 2.89. The van der Waals surface area contributed by atoms with Gasteiger partial charge in [-0.1, -0.05) is 49.5 Å². The van der Waals surface area contributed by atoms with E-state index in [1.807, 2.05) is 0 Å². The molecule has 0 saturated heterocycles. The Labute approximate surface area is 120 Å². The first-order valence-corrected chi connectivity index (χ1v) is 6.70. The zero-order valence-electron chi connectivity index (χ0n) is 8.36. The molecule has 2 unspecified atom stereocenters. The molecule has 0 aliphatic carbocycles. The van der Waals surface area contributed by atoms with Gasteiger partial charge in [-0.3, -0.25) is 9.59 Å². The van der Waals surface area contributed by atoms with Crippen molar-refractivity contribution in [3.8, 4) is 0 Å². The molecule has 0 bridgehead atoms. The molecule has 4 nitrogen and oxygen atoms in total. The number of carboxylic acids is 1. The third kappa shape index (κ3) is 4.29. The number of anilines is 1. The third-order valence-corrected chi connectivity index (χ3v) is 4.64. The molecular weight excluding hydrogens is 377 g/mol. The zero-order chi connectivity index (χ0) is 13.0. The number of carbonyl (C=O) groups excluding carboxylic acids is 1. The minimum Gasteiger partial charge on any atom is -0.480 e. The Bertz CT molecular complexity index is 441. The minimum absolute atomic E-state index is 0.462. The van der Waals surface area contributed by atoms with Crippen LogP contribution >= 0.6 is 43.5 Å². The van der Waals surface area contributed by atoms with Crippen LogP contribution in [0.1, 0.15) is 0 Å². The van der Waals surface area contributed by atoms with E-state index in [0.717, 1.165) is 0 Å². The second kappa shape index (κ2) is 6.37. The number of hydrogen-bond acceptors (Lipinski definition) is 2. The van der Waals surface area contributed by atoms with E-state index in [-0.39, 0.29) is 0 Å². The number of hydrogen-bond donors (Lipinski definition) is 2. The van der Waals surface area contributed by atoms with Crippen LogP contribution in [0, 0.1) is 0 Å². The SMILES string of the molecule is O=C(O)C(Br)C(Br)C(=O)Nc1cccc(Cl)c1.